The number of benzene rings is 1. The molecule has 1 radical (unpaired) electrons. The average Bonchev–Trinajstić information content (AvgIpc) is 3.26. The third-order valence-corrected chi connectivity index (χ3v) is 4.10. The van der Waals surface area contributed by atoms with E-state index in [4.69, 9.17) is 4.42 Å². The summed E-state index contributed by atoms with van der Waals surface area (Å²) in [5.74, 6) is 0.587. The number of hydrogen-bond acceptors (Lipinski definition) is 4. The van der Waals surface area contributed by atoms with Crippen LogP contribution in [0.1, 0.15) is 11.3 Å². The first-order chi connectivity index (χ1) is 11.2. The van der Waals surface area contributed by atoms with Crippen LogP contribution in [0.4, 0.5) is 0 Å². The van der Waals surface area contributed by atoms with Gasteiger partial charge in [0.05, 0.1) is 24.4 Å². The van der Waals surface area contributed by atoms with Gasteiger partial charge in [-0.15, -0.1) is 17.7 Å². The Hall–Kier alpha value is -2.50. The van der Waals surface area contributed by atoms with Gasteiger partial charge in [-0.2, -0.15) is 0 Å². The molecular formula is C17H12IrN5O-. The predicted molar refractivity (Wildman–Crippen MR) is 85.3 cm³/mol. The van der Waals surface area contributed by atoms with Gasteiger partial charge in [-0.25, -0.2) is 9.97 Å². The molecule has 1 aromatic carbocycles. The van der Waals surface area contributed by atoms with Crippen LogP contribution >= 0.6 is 0 Å². The number of aryl methyl sites for hydroxylation is 2. The molecule has 0 amide bonds. The van der Waals surface area contributed by atoms with Crippen molar-refractivity contribution in [3.05, 3.63) is 54.6 Å². The maximum atomic E-state index is 5.57. The Morgan fingerprint density at radius 3 is 2.88 bits per heavy atom. The van der Waals surface area contributed by atoms with E-state index in [0.29, 0.717) is 5.89 Å². The second-order valence-electron chi connectivity index (χ2n) is 5.61. The van der Waals surface area contributed by atoms with Crippen LogP contribution in [0.25, 0.3) is 33.7 Å². The number of imidazole rings is 2. The van der Waals surface area contributed by atoms with Gasteiger partial charge in [-0.3, -0.25) is 4.98 Å². The molecule has 0 N–H and O–H groups in total. The number of nitrogens with zero attached hydrogens (tertiary/aromatic N) is 5. The summed E-state index contributed by atoms with van der Waals surface area (Å²) in [6.07, 6.45) is 8.87. The molecule has 0 spiro atoms. The zero-order valence-corrected chi connectivity index (χ0v) is 15.3. The van der Waals surface area contributed by atoms with E-state index in [1.165, 1.54) is 0 Å². The van der Waals surface area contributed by atoms with E-state index in [1.54, 1.807) is 18.8 Å². The van der Waals surface area contributed by atoms with E-state index in [9.17, 15) is 0 Å². The van der Waals surface area contributed by atoms with Crippen LogP contribution in [-0.4, -0.2) is 23.8 Å². The minimum Gasteiger partial charge on any atom is -0.446 e. The van der Waals surface area contributed by atoms with Crippen LogP contribution in [0.3, 0.4) is 0 Å². The van der Waals surface area contributed by atoms with Crippen LogP contribution in [0.15, 0.2) is 41.7 Å². The largest absolute Gasteiger partial charge is 0.446 e. The summed E-state index contributed by atoms with van der Waals surface area (Å²) in [6, 6.07) is 5.31. The van der Waals surface area contributed by atoms with Crippen LogP contribution in [0.2, 0.25) is 0 Å². The van der Waals surface area contributed by atoms with Gasteiger partial charge in [0.15, 0.2) is 0 Å². The van der Waals surface area contributed by atoms with Gasteiger partial charge >= 0.3 is 0 Å². The SMILES string of the molecule is Cc1cn2c(n1)c1[c-]cc(C)c(-c3ncco3)c1n1cncc21.[Ir]. The summed E-state index contributed by atoms with van der Waals surface area (Å²) >= 11 is 0. The fraction of sp³-hybridized carbons (Fsp3) is 0.118. The van der Waals surface area contributed by atoms with Crippen molar-refractivity contribution < 1.29 is 24.5 Å². The quantitative estimate of drug-likeness (QED) is 0.336. The minimum atomic E-state index is 0. The number of hydrogen-bond donors (Lipinski definition) is 0. The summed E-state index contributed by atoms with van der Waals surface area (Å²) in [5, 5.41) is 0.919. The van der Waals surface area contributed by atoms with Gasteiger partial charge in [0.1, 0.15) is 11.9 Å². The van der Waals surface area contributed by atoms with Crippen LogP contribution in [-0.2, 0) is 20.1 Å². The Morgan fingerprint density at radius 2 is 2.08 bits per heavy atom. The smallest absolute Gasteiger partial charge is 0.209 e. The molecule has 5 rings (SSSR count). The number of rotatable bonds is 1. The minimum absolute atomic E-state index is 0. The molecule has 4 heterocycles. The molecule has 24 heavy (non-hydrogen) atoms. The van der Waals surface area contributed by atoms with Crippen molar-refractivity contribution in [2.45, 2.75) is 13.8 Å². The molecule has 0 aliphatic carbocycles. The first-order valence-corrected chi connectivity index (χ1v) is 7.28. The van der Waals surface area contributed by atoms with Crippen molar-refractivity contribution >= 4 is 22.2 Å². The molecule has 0 aliphatic heterocycles. The molecule has 5 aromatic rings. The van der Waals surface area contributed by atoms with Gasteiger partial charge in [-0.05, 0) is 18.0 Å². The molecule has 0 bridgehead atoms. The van der Waals surface area contributed by atoms with E-state index < -0.39 is 0 Å². The second-order valence-corrected chi connectivity index (χ2v) is 5.61. The summed E-state index contributed by atoms with van der Waals surface area (Å²) < 4.78 is 9.64. The van der Waals surface area contributed by atoms with Crippen molar-refractivity contribution in [3.63, 3.8) is 0 Å². The summed E-state index contributed by atoms with van der Waals surface area (Å²) in [4.78, 5) is 13.3. The molecule has 4 aromatic heterocycles. The van der Waals surface area contributed by atoms with Crippen molar-refractivity contribution in [3.8, 4) is 11.5 Å². The monoisotopic (exact) mass is 495 g/mol. The maximum absolute atomic E-state index is 5.57. The third kappa shape index (κ3) is 1.88. The van der Waals surface area contributed by atoms with Crippen molar-refractivity contribution in [2.75, 3.05) is 0 Å². The molecule has 0 fully saturated rings. The molecule has 6 nitrogen and oxygen atoms in total. The maximum Gasteiger partial charge on any atom is 0.209 e. The van der Waals surface area contributed by atoms with Crippen LogP contribution < -0.4 is 0 Å². The standard InChI is InChI=1S/C17H12N5O.Ir/c1-10-3-4-12-15(14(10)17-19-5-6-23-17)22-9-18-7-13(22)21-8-11(2)20-16(12)21;/h3,5-9H,1-2H3;/q-1;. The fourth-order valence-electron chi connectivity index (χ4n) is 3.15. The van der Waals surface area contributed by atoms with Crippen LogP contribution in [0, 0.1) is 19.9 Å². The van der Waals surface area contributed by atoms with Gasteiger partial charge in [0, 0.05) is 32.0 Å². The fourth-order valence-corrected chi connectivity index (χ4v) is 3.15. The number of aromatic nitrogens is 5. The van der Waals surface area contributed by atoms with E-state index >= 15 is 0 Å². The Bertz CT molecular complexity index is 1190. The number of fused-ring (bicyclic) bond motifs is 6. The van der Waals surface area contributed by atoms with Gasteiger partial charge in [-0.1, -0.05) is 12.3 Å². The summed E-state index contributed by atoms with van der Waals surface area (Å²) in [7, 11) is 0. The molecule has 0 atom stereocenters. The summed E-state index contributed by atoms with van der Waals surface area (Å²) in [5.41, 5.74) is 5.70. The molecule has 7 heteroatoms. The van der Waals surface area contributed by atoms with Crippen LogP contribution in [0.5, 0.6) is 0 Å². The Kier molecular flexibility index (Phi) is 3.30. The third-order valence-electron chi connectivity index (χ3n) is 4.10. The van der Waals surface area contributed by atoms with E-state index in [-0.39, 0.29) is 20.1 Å². The van der Waals surface area contributed by atoms with E-state index in [1.807, 2.05) is 41.1 Å². The Labute approximate surface area is 150 Å². The summed E-state index contributed by atoms with van der Waals surface area (Å²) in [6.45, 7) is 4.01. The number of oxazole rings is 1. The van der Waals surface area contributed by atoms with Gasteiger partial charge in [0.2, 0.25) is 5.89 Å². The molecule has 0 unspecified atom stereocenters. The topological polar surface area (TPSA) is 60.6 Å². The van der Waals surface area contributed by atoms with Crippen molar-refractivity contribution in [1.29, 1.82) is 0 Å². The Balaban J connectivity index is 0.00000146. The normalized spacial score (nSPS) is 11.4. The predicted octanol–water partition coefficient (Wildman–Crippen LogP) is 3.20. The zero-order chi connectivity index (χ0) is 15.6. The van der Waals surface area contributed by atoms with E-state index in [2.05, 4.69) is 21.0 Å². The molecule has 0 aliphatic rings. The second kappa shape index (κ2) is 5.26. The first-order valence-electron chi connectivity index (χ1n) is 7.28. The molecule has 121 valence electrons. The molecule has 0 saturated carbocycles. The Morgan fingerprint density at radius 1 is 1.21 bits per heavy atom. The van der Waals surface area contributed by atoms with Crippen molar-refractivity contribution in [1.82, 2.24) is 23.8 Å². The van der Waals surface area contributed by atoms with E-state index in [0.717, 1.165) is 39.0 Å². The zero-order valence-electron chi connectivity index (χ0n) is 12.9. The van der Waals surface area contributed by atoms with Crippen molar-refractivity contribution in [2.24, 2.45) is 0 Å². The average molecular weight is 495 g/mol. The molecular weight excluding hydrogens is 482 g/mol. The van der Waals surface area contributed by atoms with Gasteiger partial charge < -0.3 is 13.2 Å². The molecule has 0 saturated heterocycles. The first kappa shape index (κ1) is 15.1. The van der Waals surface area contributed by atoms with Gasteiger partial charge in [0.25, 0.3) is 0 Å².